The predicted octanol–water partition coefficient (Wildman–Crippen LogP) is 6.60. The van der Waals surface area contributed by atoms with Crippen LogP contribution in [-0.4, -0.2) is 12.0 Å². The monoisotopic (exact) mass is 366 g/mol. The Hall–Kier alpha value is -3.52. The van der Waals surface area contributed by atoms with E-state index in [1.807, 2.05) is 37.5 Å². The van der Waals surface area contributed by atoms with E-state index >= 15 is 0 Å². The van der Waals surface area contributed by atoms with E-state index in [2.05, 4.69) is 83.6 Å². The van der Waals surface area contributed by atoms with E-state index in [1.54, 1.807) is 6.08 Å². The molecule has 0 atom stereocenters. The third-order valence-electron chi connectivity index (χ3n) is 4.54. The summed E-state index contributed by atoms with van der Waals surface area (Å²) >= 11 is 0. The summed E-state index contributed by atoms with van der Waals surface area (Å²) in [6, 6.07) is 21.4. The van der Waals surface area contributed by atoms with Gasteiger partial charge in [0.05, 0.1) is 0 Å². The van der Waals surface area contributed by atoms with Crippen LogP contribution in [0.25, 0.3) is 28.1 Å². The smallest absolute Gasteiger partial charge is 0.0453 e. The fourth-order valence-electron chi connectivity index (χ4n) is 3.04. The van der Waals surface area contributed by atoms with Crippen molar-refractivity contribution in [3.8, 4) is 22.4 Å². The van der Waals surface area contributed by atoms with Gasteiger partial charge in [-0.3, -0.25) is 0 Å². The third kappa shape index (κ3) is 5.01. The van der Waals surface area contributed by atoms with Crippen molar-refractivity contribution in [1.29, 1.82) is 0 Å². The van der Waals surface area contributed by atoms with Crippen LogP contribution in [0.3, 0.4) is 0 Å². The summed E-state index contributed by atoms with van der Waals surface area (Å²) in [6.45, 7) is 3.66. The van der Waals surface area contributed by atoms with E-state index in [9.17, 15) is 0 Å². The van der Waals surface area contributed by atoms with E-state index in [0.717, 1.165) is 17.8 Å². The van der Waals surface area contributed by atoms with Crippen molar-refractivity contribution in [1.82, 2.24) is 10.3 Å². The lowest BCUT2D eigenvalue weighted by atomic mass is 10.0. The zero-order valence-corrected chi connectivity index (χ0v) is 16.2. The average Bonchev–Trinajstić information content (AvgIpc) is 3.29. The first kappa shape index (κ1) is 19.2. The summed E-state index contributed by atoms with van der Waals surface area (Å²) in [5.74, 6) is 0. The van der Waals surface area contributed by atoms with Gasteiger partial charge in [0.25, 0.3) is 0 Å². The molecule has 0 saturated carbocycles. The molecule has 140 valence electrons. The van der Waals surface area contributed by atoms with Gasteiger partial charge in [0.2, 0.25) is 0 Å². The Labute approximate surface area is 167 Å². The van der Waals surface area contributed by atoms with Gasteiger partial charge in [0.15, 0.2) is 0 Å². The highest BCUT2D eigenvalue weighted by Gasteiger charge is 2.03. The lowest BCUT2D eigenvalue weighted by Gasteiger charge is -2.09. The first-order valence-electron chi connectivity index (χ1n) is 9.48. The lowest BCUT2D eigenvalue weighted by molar-refractivity contribution is 1.11. The summed E-state index contributed by atoms with van der Waals surface area (Å²) in [5.41, 5.74) is 7.08. The Morgan fingerprint density at radius 1 is 0.893 bits per heavy atom. The highest BCUT2D eigenvalue weighted by atomic mass is 14.8. The Kier molecular flexibility index (Phi) is 6.86. The summed E-state index contributed by atoms with van der Waals surface area (Å²) in [5, 5.41) is 3.29. The molecule has 0 amide bonds. The number of hydrogen-bond donors (Lipinski definition) is 2. The molecule has 2 aromatic carbocycles. The van der Waals surface area contributed by atoms with Crippen LogP contribution in [0.2, 0.25) is 0 Å². The minimum absolute atomic E-state index is 0.875. The Morgan fingerprint density at radius 3 is 2.18 bits per heavy atom. The largest absolute Gasteiger partial charge is 0.388 e. The molecule has 3 aromatic rings. The molecule has 3 rings (SSSR count). The second kappa shape index (κ2) is 9.98. The molecule has 0 saturated heterocycles. The van der Waals surface area contributed by atoms with E-state index < -0.39 is 0 Å². The van der Waals surface area contributed by atoms with Crippen LogP contribution < -0.4 is 5.32 Å². The SMILES string of the molecule is C=C/C=C\C=CC/C=C(\NC)c1ccc(-c2ccc(-c3ccc[nH]3)cc2)cc1. The minimum atomic E-state index is 0.875. The Balaban J connectivity index is 1.70. The van der Waals surface area contributed by atoms with Gasteiger partial charge in [-0.15, -0.1) is 0 Å². The van der Waals surface area contributed by atoms with Crippen LogP contribution >= 0.6 is 0 Å². The highest BCUT2D eigenvalue weighted by molar-refractivity contribution is 5.72. The minimum Gasteiger partial charge on any atom is -0.388 e. The molecule has 2 N–H and O–H groups in total. The van der Waals surface area contributed by atoms with Crippen molar-refractivity contribution in [2.24, 2.45) is 0 Å². The molecule has 0 aliphatic rings. The van der Waals surface area contributed by atoms with Gasteiger partial charge in [-0.25, -0.2) is 0 Å². The van der Waals surface area contributed by atoms with Crippen LogP contribution in [0, 0.1) is 0 Å². The fraction of sp³-hybridized carbons (Fsp3) is 0.0769. The van der Waals surface area contributed by atoms with Crippen molar-refractivity contribution in [2.45, 2.75) is 6.42 Å². The Morgan fingerprint density at radius 2 is 1.57 bits per heavy atom. The maximum atomic E-state index is 3.66. The van der Waals surface area contributed by atoms with Crippen molar-refractivity contribution < 1.29 is 0 Å². The summed E-state index contributed by atoms with van der Waals surface area (Å²) < 4.78 is 0. The van der Waals surface area contributed by atoms with Gasteiger partial charge >= 0.3 is 0 Å². The number of aromatic nitrogens is 1. The van der Waals surface area contributed by atoms with E-state index in [-0.39, 0.29) is 0 Å². The molecule has 2 heteroatoms. The molecule has 28 heavy (non-hydrogen) atoms. The third-order valence-corrected chi connectivity index (χ3v) is 4.54. The second-order valence-corrected chi connectivity index (χ2v) is 6.39. The molecule has 1 heterocycles. The fourth-order valence-corrected chi connectivity index (χ4v) is 3.04. The zero-order chi connectivity index (χ0) is 19.6. The van der Waals surface area contributed by atoms with Gasteiger partial charge in [-0.2, -0.15) is 0 Å². The number of nitrogens with one attached hydrogen (secondary N) is 2. The first-order valence-corrected chi connectivity index (χ1v) is 9.48. The normalized spacial score (nSPS) is 12.0. The quantitative estimate of drug-likeness (QED) is 0.432. The molecule has 0 radical (unpaired) electrons. The zero-order valence-electron chi connectivity index (χ0n) is 16.2. The number of benzene rings is 2. The van der Waals surface area contributed by atoms with Gasteiger partial charge < -0.3 is 10.3 Å². The number of hydrogen-bond acceptors (Lipinski definition) is 1. The molecule has 1 aromatic heterocycles. The van der Waals surface area contributed by atoms with Crippen LogP contribution in [0.4, 0.5) is 0 Å². The van der Waals surface area contributed by atoms with Crippen LogP contribution in [0.1, 0.15) is 12.0 Å². The van der Waals surface area contributed by atoms with Crippen molar-refractivity contribution >= 4 is 5.70 Å². The summed E-state index contributed by atoms with van der Waals surface area (Å²) in [7, 11) is 1.96. The number of H-pyrrole nitrogens is 1. The molecule has 0 fully saturated rings. The van der Waals surface area contributed by atoms with Gasteiger partial charge in [-0.05, 0) is 40.8 Å². The van der Waals surface area contributed by atoms with Gasteiger partial charge in [-0.1, -0.05) is 91.6 Å². The van der Waals surface area contributed by atoms with Crippen molar-refractivity contribution in [3.63, 3.8) is 0 Å². The maximum absolute atomic E-state index is 3.66. The molecule has 0 unspecified atom stereocenters. The molecule has 0 aliphatic carbocycles. The second-order valence-electron chi connectivity index (χ2n) is 6.39. The van der Waals surface area contributed by atoms with Gasteiger partial charge in [0, 0.05) is 24.6 Å². The number of aromatic amines is 1. The van der Waals surface area contributed by atoms with Crippen molar-refractivity contribution in [2.75, 3.05) is 7.05 Å². The molecule has 0 bridgehead atoms. The topological polar surface area (TPSA) is 27.8 Å². The molecule has 0 spiro atoms. The number of rotatable bonds is 8. The van der Waals surface area contributed by atoms with Crippen LogP contribution in [0.5, 0.6) is 0 Å². The first-order chi connectivity index (χ1) is 13.8. The van der Waals surface area contributed by atoms with Crippen LogP contribution in [0.15, 0.2) is 110 Å². The lowest BCUT2D eigenvalue weighted by Crippen LogP contribution is -2.04. The number of allylic oxidation sites excluding steroid dienone is 6. The summed E-state index contributed by atoms with van der Waals surface area (Å²) in [4.78, 5) is 3.24. The maximum Gasteiger partial charge on any atom is 0.0453 e. The predicted molar refractivity (Wildman–Crippen MR) is 122 cm³/mol. The standard InChI is InChI=1S/C26H26N2/c1-3-4-5-6-7-8-10-25(27-2)23-16-12-21(13-17-23)22-14-18-24(19-15-22)26-11-9-20-28-26/h3-7,9-20,27-28H,1,8H2,2H3/b5-4-,7-6?,25-10-. The molecular weight excluding hydrogens is 340 g/mol. The molecule has 2 nitrogen and oxygen atoms in total. The highest BCUT2D eigenvalue weighted by Crippen LogP contribution is 2.25. The van der Waals surface area contributed by atoms with E-state index in [4.69, 9.17) is 0 Å². The van der Waals surface area contributed by atoms with Crippen molar-refractivity contribution in [3.05, 3.63) is 115 Å². The average molecular weight is 367 g/mol. The van der Waals surface area contributed by atoms with Crippen LogP contribution in [-0.2, 0) is 0 Å². The van der Waals surface area contributed by atoms with E-state index in [0.29, 0.717) is 0 Å². The molecule has 0 aliphatic heterocycles. The van der Waals surface area contributed by atoms with Gasteiger partial charge in [0.1, 0.15) is 0 Å². The Bertz CT molecular complexity index is 954. The molecular formula is C26H26N2. The summed E-state index contributed by atoms with van der Waals surface area (Å²) in [6.07, 6.45) is 14.8. The van der Waals surface area contributed by atoms with E-state index in [1.165, 1.54) is 22.3 Å².